The van der Waals surface area contributed by atoms with Crippen LogP contribution in [0, 0.1) is 0 Å². The monoisotopic (exact) mass is 381 g/mol. The Kier molecular flexibility index (Phi) is 7.20. The minimum Gasteiger partial charge on any atom is -0.341 e. The molecule has 26 heavy (non-hydrogen) atoms. The van der Waals surface area contributed by atoms with Gasteiger partial charge in [-0.2, -0.15) is 4.31 Å². The minimum atomic E-state index is -3.44. The highest BCUT2D eigenvalue weighted by Crippen LogP contribution is 2.20. The van der Waals surface area contributed by atoms with Gasteiger partial charge in [0.1, 0.15) is 0 Å². The number of rotatable bonds is 8. The third kappa shape index (κ3) is 4.64. The van der Waals surface area contributed by atoms with E-state index < -0.39 is 10.0 Å². The summed E-state index contributed by atoms with van der Waals surface area (Å²) < 4.78 is 26.5. The van der Waals surface area contributed by atoms with Crippen molar-refractivity contribution in [3.63, 3.8) is 0 Å². The third-order valence-electron chi connectivity index (χ3n) is 5.01. The van der Waals surface area contributed by atoms with E-state index in [0.717, 1.165) is 31.5 Å². The summed E-state index contributed by atoms with van der Waals surface area (Å²) in [6.07, 6.45) is 2.16. The summed E-state index contributed by atoms with van der Waals surface area (Å²) in [5.41, 5.74) is 0.963. The Morgan fingerprint density at radius 1 is 1.12 bits per heavy atom. The molecule has 1 aromatic carbocycles. The molecule has 0 aliphatic carbocycles. The molecule has 1 N–H and O–H groups in total. The number of amides is 1. The molecule has 2 atom stereocenters. The molecule has 1 amide bonds. The number of nitrogens with zero attached hydrogens (tertiary/aromatic N) is 2. The lowest BCUT2D eigenvalue weighted by atomic mass is 10.1. The van der Waals surface area contributed by atoms with Gasteiger partial charge in [0.2, 0.25) is 15.9 Å². The highest BCUT2D eigenvalue weighted by atomic mass is 32.2. The van der Waals surface area contributed by atoms with Gasteiger partial charge in [0.25, 0.3) is 0 Å². The minimum absolute atomic E-state index is 0.0400. The maximum atomic E-state index is 12.5. The largest absolute Gasteiger partial charge is 0.341 e. The van der Waals surface area contributed by atoms with Crippen molar-refractivity contribution in [3.05, 3.63) is 29.8 Å². The number of carbonyl (C=O) groups is 1. The molecular weight excluding hydrogens is 350 g/mol. The average Bonchev–Trinajstić information content (AvgIpc) is 3.16. The SMILES string of the molecule is CCN(CC)S(=O)(=O)c1ccc(C(C)NC(C)C(=O)N2CCCC2)cc1. The van der Waals surface area contributed by atoms with Crippen molar-refractivity contribution in [1.82, 2.24) is 14.5 Å². The number of sulfonamides is 1. The second-order valence-corrected chi connectivity index (χ2v) is 8.74. The number of carbonyl (C=O) groups excluding carboxylic acids is 1. The van der Waals surface area contributed by atoms with E-state index in [4.69, 9.17) is 0 Å². The standard InChI is InChI=1S/C19H31N3O3S/c1-5-22(6-2)26(24,25)18-11-9-17(10-12-18)15(3)20-16(4)19(23)21-13-7-8-14-21/h9-12,15-16,20H,5-8,13-14H2,1-4H3. The summed E-state index contributed by atoms with van der Waals surface area (Å²) in [7, 11) is -3.44. The van der Waals surface area contributed by atoms with Crippen LogP contribution in [-0.4, -0.2) is 55.8 Å². The molecule has 2 rings (SSSR count). The molecule has 0 aromatic heterocycles. The lowest BCUT2D eigenvalue weighted by molar-refractivity contribution is -0.132. The molecule has 1 saturated heterocycles. The van der Waals surface area contributed by atoms with Crippen LogP contribution in [0.5, 0.6) is 0 Å². The first-order valence-corrected chi connectivity index (χ1v) is 10.9. The summed E-state index contributed by atoms with van der Waals surface area (Å²) in [5, 5.41) is 3.33. The lowest BCUT2D eigenvalue weighted by Gasteiger charge is -2.24. The summed E-state index contributed by atoms with van der Waals surface area (Å²) in [6, 6.07) is 6.63. The molecule has 1 aliphatic heterocycles. The Morgan fingerprint density at radius 2 is 1.65 bits per heavy atom. The van der Waals surface area contributed by atoms with E-state index in [1.807, 2.05) is 44.7 Å². The molecular formula is C19H31N3O3S. The fourth-order valence-electron chi connectivity index (χ4n) is 3.39. The van der Waals surface area contributed by atoms with Crippen LogP contribution < -0.4 is 5.32 Å². The maximum absolute atomic E-state index is 12.5. The van der Waals surface area contributed by atoms with Crippen LogP contribution in [0.15, 0.2) is 29.2 Å². The molecule has 1 heterocycles. The molecule has 1 fully saturated rings. The molecule has 146 valence electrons. The summed E-state index contributed by atoms with van der Waals surface area (Å²) in [5.74, 6) is 0.134. The zero-order valence-corrected chi connectivity index (χ0v) is 17.1. The van der Waals surface area contributed by atoms with Crippen LogP contribution in [0.4, 0.5) is 0 Å². The number of nitrogens with one attached hydrogen (secondary N) is 1. The van der Waals surface area contributed by atoms with Crippen molar-refractivity contribution < 1.29 is 13.2 Å². The Balaban J connectivity index is 2.04. The fraction of sp³-hybridized carbons (Fsp3) is 0.632. The first-order chi connectivity index (χ1) is 12.3. The second kappa shape index (κ2) is 8.97. The summed E-state index contributed by atoms with van der Waals surface area (Å²) in [4.78, 5) is 14.6. The van der Waals surface area contributed by atoms with Crippen LogP contribution in [0.3, 0.4) is 0 Å². The van der Waals surface area contributed by atoms with Gasteiger partial charge in [-0.05, 0) is 44.4 Å². The van der Waals surface area contributed by atoms with Gasteiger partial charge in [-0.15, -0.1) is 0 Å². The molecule has 0 saturated carbocycles. The van der Waals surface area contributed by atoms with Crippen LogP contribution in [0.25, 0.3) is 0 Å². The first kappa shape index (κ1) is 20.9. The van der Waals surface area contributed by atoms with E-state index in [1.54, 1.807) is 12.1 Å². The van der Waals surface area contributed by atoms with Crippen molar-refractivity contribution in [2.24, 2.45) is 0 Å². The van der Waals surface area contributed by atoms with Crippen LogP contribution in [0.1, 0.15) is 52.1 Å². The number of benzene rings is 1. The molecule has 6 nitrogen and oxygen atoms in total. The molecule has 1 aromatic rings. The van der Waals surface area contributed by atoms with Gasteiger partial charge in [0.05, 0.1) is 10.9 Å². The quantitative estimate of drug-likeness (QED) is 0.751. The average molecular weight is 382 g/mol. The van der Waals surface area contributed by atoms with Crippen molar-refractivity contribution >= 4 is 15.9 Å². The van der Waals surface area contributed by atoms with Crippen molar-refractivity contribution in [2.45, 2.75) is 57.5 Å². The Labute approximate surface area is 157 Å². The fourth-order valence-corrected chi connectivity index (χ4v) is 4.85. The summed E-state index contributed by atoms with van der Waals surface area (Å²) >= 11 is 0. The highest BCUT2D eigenvalue weighted by molar-refractivity contribution is 7.89. The van der Waals surface area contributed by atoms with Gasteiger partial charge in [0.15, 0.2) is 0 Å². The lowest BCUT2D eigenvalue weighted by Crippen LogP contribution is -2.44. The van der Waals surface area contributed by atoms with E-state index in [9.17, 15) is 13.2 Å². The molecule has 0 radical (unpaired) electrons. The zero-order valence-electron chi connectivity index (χ0n) is 16.2. The van der Waals surface area contributed by atoms with Crippen LogP contribution in [-0.2, 0) is 14.8 Å². The molecule has 0 spiro atoms. The molecule has 2 unspecified atom stereocenters. The summed E-state index contributed by atoms with van der Waals surface area (Å²) in [6.45, 7) is 10.1. The molecule has 1 aliphatic rings. The van der Waals surface area contributed by atoms with Gasteiger partial charge in [-0.1, -0.05) is 26.0 Å². The number of hydrogen-bond acceptors (Lipinski definition) is 4. The predicted molar refractivity (Wildman–Crippen MR) is 103 cm³/mol. The van der Waals surface area contributed by atoms with Gasteiger partial charge in [0, 0.05) is 32.2 Å². The zero-order chi connectivity index (χ0) is 19.3. The van der Waals surface area contributed by atoms with Crippen molar-refractivity contribution in [1.29, 1.82) is 0 Å². The van der Waals surface area contributed by atoms with Crippen molar-refractivity contribution in [3.8, 4) is 0 Å². The number of likely N-dealkylation sites (tertiary alicyclic amines) is 1. The van der Waals surface area contributed by atoms with Gasteiger partial charge in [-0.3, -0.25) is 10.1 Å². The maximum Gasteiger partial charge on any atom is 0.243 e. The first-order valence-electron chi connectivity index (χ1n) is 9.46. The van der Waals surface area contributed by atoms with E-state index in [-0.39, 0.29) is 18.0 Å². The predicted octanol–water partition coefficient (Wildman–Crippen LogP) is 2.38. The molecule has 7 heteroatoms. The Bertz CT molecular complexity index is 693. The van der Waals surface area contributed by atoms with Gasteiger partial charge in [-0.25, -0.2) is 8.42 Å². The van der Waals surface area contributed by atoms with Crippen LogP contribution in [0.2, 0.25) is 0 Å². The van der Waals surface area contributed by atoms with E-state index in [2.05, 4.69) is 5.32 Å². The number of hydrogen-bond donors (Lipinski definition) is 1. The smallest absolute Gasteiger partial charge is 0.243 e. The van der Waals surface area contributed by atoms with E-state index in [0.29, 0.717) is 18.0 Å². The van der Waals surface area contributed by atoms with E-state index in [1.165, 1.54) is 4.31 Å². The topological polar surface area (TPSA) is 69.7 Å². The normalized spacial score (nSPS) is 17.5. The highest BCUT2D eigenvalue weighted by Gasteiger charge is 2.25. The Hall–Kier alpha value is -1.44. The second-order valence-electron chi connectivity index (χ2n) is 6.80. The van der Waals surface area contributed by atoms with Gasteiger partial charge < -0.3 is 4.90 Å². The van der Waals surface area contributed by atoms with Gasteiger partial charge >= 0.3 is 0 Å². The van der Waals surface area contributed by atoms with Crippen LogP contribution >= 0.6 is 0 Å². The molecule has 0 bridgehead atoms. The van der Waals surface area contributed by atoms with E-state index >= 15 is 0 Å². The third-order valence-corrected chi connectivity index (χ3v) is 7.08. The van der Waals surface area contributed by atoms with Crippen molar-refractivity contribution in [2.75, 3.05) is 26.2 Å². The Morgan fingerprint density at radius 3 is 2.15 bits per heavy atom.